The highest BCUT2D eigenvalue weighted by Gasteiger charge is 2.15. The lowest BCUT2D eigenvalue weighted by molar-refractivity contribution is 0.160. The summed E-state index contributed by atoms with van der Waals surface area (Å²) in [5.74, 6) is 0.726. The van der Waals surface area contributed by atoms with Gasteiger partial charge in [-0.2, -0.15) is 0 Å². The van der Waals surface area contributed by atoms with Crippen LogP contribution in [0, 0.1) is 0 Å². The largest absolute Gasteiger partial charge is 0.385 e. The van der Waals surface area contributed by atoms with Crippen LogP contribution in [0.5, 0.6) is 0 Å². The van der Waals surface area contributed by atoms with Crippen molar-refractivity contribution >= 4 is 11.0 Å². The first kappa shape index (κ1) is 10.9. The minimum atomic E-state index is -0.507. The smallest absolute Gasteiger partial charge is 0.139 e. The summed E-state index contributed by atoms with van der Waals surface area (Å²) < 4.78 is 2.01. The monoisotopic (exact) mass is 216 g/mol. The van der Waals surface area contributed by atoms with Gasteiger partial charge in [0.15, 0.2) is 0 Å². The Hall–Kier alpha value is -1.61. The summed E-state index contributed by atoms with van der Waals surface area (Å²) in [4.78, 5) is 4.47. The fourth-order valence-electron chi connectivity index (χ4n) is 1.85. The molecule has 0 radical (unpaired) electrons. The predicted molar refractivity (Wildman–Crippen MR) is 65.2 cm³/mol. The quantitative estimate of drug-likeness (QED) is 0.798. The maximum absolute atomic E-state index is 9.92. The number of nitrogens with zero attached hydrogens (tertiary/aromatic N) is 2. The molecule has 84 valence electrons. The van der Waals surface area contributed by atoms with E-state index >= 15 is 0 Å². The Labute approximate surface area is 95.0 Å². The Kier molecular flexibility index (Phi) is 3.06. The highest BCUT2D eigenvalue weighted by Crippen LogP contribution is 2.22. The number of imidazole rings is 1. The maximum Gasteiger partial charge on any atom is 0.139 e. The summed E-state index contributed by atoms with van der Waals surface area (Å²) in [5, 5.41) is 9.92. The van der Waals surface area contributed by atoms with Gasteiger partial charge in [0.1, 0.15) is 11.9 Å². The lowest BCUT2D eigenvalue weighted by Gasteiger charge is -2.10. The number of hydrogen-bond donors (Lipinski definition) is 1. The zero-order valence-corrected chi connectivity index (χ0v) is 9.43. The lowest BCUT2D eigenvalue weighted by atomic mass is 10.2. The van der Waals surface area contributed by atoms with Crippen molar-refractivity contribution in [2.45, 2.75) is 26.0 Å². The van der Waals surface area contributed by atoms with E-state index in [0.29, 0.717) is 13.0 Å². The summed E-state index contributed by atoms with van der Waals surface area (Å²) in [6.07, 6.45) is 1.98. The highest BCUT2D eigenvalue weighted by atomic mass is 16.3. The average molecular weight is 216 g/mol. The van der Waals surface area contributed by atoms with Gasteiger partial charge in [0, 0.05) is 6.54 Å². The van der Waals surface area contributed by atoms with E-state index in [2.05, 4.69) is 11.6 Å². The van der Waals surface area contributed by atoms with Crippen LogP contribution in [0.4, 0.5) is 0 Å². The predicted octanol–water partition coefficient (Wildman–Crippen LogP) is 2.67. The fourth-order valence-corrected chi connectivity index (χ4v) is 1.85. The number of rotatable bonds is 4. The number of aromatic nitrogens is 2. The van der Waals surface area contributed by atoms with Crippen LogP contribution in [-0.4, -0.2) is 14.7 Å². The Balaban J connectivity index is 2.62. The van der Waals surface area contributed by atoms with Crippen molar-refractivity contribution in [3.8, 4) is 0 Å². The molecule has 0 fully saturated rings. The van der Waals surface area contributed by atoms with Crippen molar-refractivity contribution in [1.82, 2.24) is 9.55 Å². The normalized spacial score (nSPS) is 12.9. The van der Waals surface area contributed by atoms with Gasteiger partial charge in [-0.1, -0.05) is 25.1 Å². The van der Waals surface area contributed by atoms with E-state index in [0.717, 1.165) is 16.9 Å². The number of aliphatic hydroxyl groups excluding tert-OH is 1. The molecule has 3 heteroatoms. The van der Waals surface area contributed by atoms with Gasteiger partial charge in [-0.3, -0.25) is 0 Å². The summed E-state index contributed by atoms with van der Waals surface area (Å²) in [6.45, 7) is 6.36. The number of fused-ring (bicyclic) bond motifs is 1. The third-order valence-corrected chi connectivity index (χ3v) is 2.68. The van der Waals surface area contributed by atoms with E-state index in [9.17, 15) is 5.11 Å². The fraction of sp³-hybridized carbons (Fsp3) is 0.308. The van der Waals surface area contributed by atoms with Gasteiger partial charge in [0.2, 0.25) is 0 Å². The molecule has 0 aliphatic rings. The Morgan fingerprint density at radius 1 is 1.50 bits per heavy atom. The van der Waals surface area contributed by atoms with E-state index < -0.39 is 6.10 Å². The molecule has 0 saturated carbocycles. The van der Waals surface area contributed by atoms with Gasteiger partial charge < -0.3 is 9.67 Å². The molecule has 2 rings (SSSR count). The molecule has 16 heavy (non-hydrogen) atoms. The number of hydrogen-bond acceptors (Lipinski definition) is 2. The molecular formula is C13H16N2O. The van der Waals surface area contributed by atoms with E-state index in [1.165, 1.54) is 0 Å². The second kappa shape index (κ2) is 4.49. The first-order valence-electron chi connectivity index (χ1n) is 5.52. The number of aliphatic hydroxyl groups is 1. The molecule has 1 N–H and O–H groups in total. The summed E-state index contributed by atoms with van der Waals surface area (Å²) in [6, 6.07) is 7.90. The third kappa shape index (κ3) is 1.74. The Morgan fingerprint density at radius 3 is 2.94 bits per heavy atom. The minimum Gasteiger partial charge on any atom is -0.385 e. The third-order valence-electron chi connectivity index (χ3n) is 2.68. The molecular weight excluding hydrogens is 200 g/mol. The standard InChI is InChI=1S/C13H16N2O/c1-3-9-15-11-8-6-5-7-10(11)14-13(15)12(16)4-2/h3,5-8,12,16H,1,4,9H2,2H3/t12-/m0/s1. The zero-order valence-electron chi connectivity index (χ0n) is 9.43. The molecule has 0 unspecified atom stereocenters. The van der Waals surface area contributed by atoms with Gasteiger partial charge in [-0.15, -0.1) is 6.58 Å². The van der Waals surface area contributed by atoms with Crippen molar-refractivity contribution in [2.75, 3.05) is 0 Å². The molecule has 1 heterocycles. The molecule has 1 atom stereocenters. The van der Waals surface area contributed by atoms with Crippen molar-refractivity contribution in [2.24, 2.45) is 0 Å². The lowest BCUT2D eigenvalue weighted by Crippen LogP contribution is -2.07. The Morgan fingerprint density at radius 2 is 2.25 bits per heavy atom. The SMILES string of the molecule is C=CCn1c([C@@H](O)CC)nc2ccccc21. The minimum absolute atomic E-state index is 0.507. The number of benzene rings is 1. The van der Waals surface area contributed by atoms with E-state index in [1.54, 1.807) is 0 Å². The van der Waals surface area contributed by atoms with Gasteiger partial charge >= 0.3 is 0 Å². The van der Waals surface area contributed by atoms with E-state index in [-0.39, 0.29) is 0 Å². The zero-order chi connectivity index (χ0) is 11.5. The Bertz CT molecular complexity index is 502. The molecule has 0 aliphatic heterocycles. The summed E-state index contributed by atoms with van der Waals surface area (Å²) in [7, 11) is 0. The average Bonchev–Trinajstić information content (AvgIpc) is 2.68. The van der Waals surface area contributed by atoms with Crippen LogP contribution in [0.15, 0.2) is 36.9 Å². The van der Waals surface area contributed by atoms with E-state index in [1.807, 2.05) is 41.8 Å². The van der Waals surface area contributed by atoms with Crippen LogP contribution in [0.3, 0.4) is 0 Å². The molecule has 1 aromatic heterocycles. The molecule has 0 spiro atoms. The van der Waals surface area contributed by atoms with Crippen molar-refractivity contribution in [3.63, 3.8) is 0 Å². The van der Waals surface area contributed by atoms with Crippen LogP contribution in [-0.2, 0) is 6.54 Å². The van der Waals surface area contributed by atoms with Crippen LogP contribution < -0.4 is 0 Å². The molecule has 2 aromatic rings. The van der Waals surface area contributed by atoms with E-state index in [4.69, 9.17) is 0 Å². The van der Waals surface area contributed by atoms with Crippen molar-refractivity contribution in [1.29, 1.82) is 0 Å². The van der Waals surface area contributed by atoms with Crippen LogP contribution in [0.2, 0.25) is 0 Å². The van der Waals surface area contributed by atoms with Crippen molar-refractivity contribution < 1.29 is 5.11 Å². The first-order chi connectivity index (χ1) is 7.77. The van der Waals surface area contributed by atoms with Gasteiger partial charge in [0.05, 0.1) is 11.0 Å². The molecule has 3 nitrogen and oxygen atoms in total. The molecule has 0 bridgehead atoms. The van der Waals surface area contributed by atoms with Gasteiger partial charge in [-0.25, -0.2) is 4.98 Å². The van der Waals surface area contributed by atoms with Crippen LogP contribution in [0.25, 0.3) is 11.0 Å². The number of para-hydroxylation sites is 2. The second-order valence-corrected chi connectivity index (χ2v) is 3.78. The van der Waals surface area contributed by atoms with Crippen LogP contribution >= 0.6 is 0 Å². The maximum atomic E-state index is 9.92. The second-order valence-electron chi connectivity index (χ2n) is 3.78. The van der Waals surface area contributed by atoms with Crippen LogP contribution in [0.1, 0.15) is 25.3 Å². The topological polar surface area (TPSA) is 38.0 Å². The van der Waals surface area contributed by atoms with Gasteiger partial charge in [0.25, 0.3) is 0 Å². The van der Waals surface area contributed by atoms with Crippen molar-refractivity contribution in [3.05, 3.63) is 42.7 Å². The molecule has 0 saturated heterocycles. The molecule has 0 aliphatic carbocycles. The first-order valence-corrected chi connectivity index (χ1v) is 5.52. The molecule has 1 aromatic carbocycles. The van der Waals surface area contributed by atoms with Gasteiger partial charge in [-0.05, 0) is 18.6 Å². The summed E-state index contributed by atoms with van der Waals surface area (Å²) in [5.41, 5.74) is 1.97. The number of allylic oxidation sites excluding steroid dienone is 1. The molecule has 0 amide bonds. The summed E-state index contributed by atoms with van der Waals surface area (Å²) >= 11 is 0. The highest BCUT2D eigenvalue weighted by molar-refractivity contribution is 5.76.